The van der Waals surface area contributed by atoms with Crippen LogP contribution in [0.1, 0.15) is 34.8 Å². The van der Waals surface area contributed by atoms with Crippen LogP contribution in [0.25, 0.3) is 17.2 Å². The maximum absolute atomic E-state index is 14.2. The van der Waals surface area contributed by atoms with Crippen molar-refractivity contribution in [2.75, 3.05) is 20.2 Å². The fourth-order valence-electron chi connectivity index (χ4n) is 3.59. The maximum Gasteiger partial charge on any atom is 0.257 e. The molecular weight excluding hydrogens is 409 g/mol. The van der Waals surface area contributed by atoms with Gasteiger partial charge in [-0.25, -0.2) is 19.0 Å². The van der Waals surface area contributed by atoms with E-state index in [-0.39, 0.29) is 17.6 Å². The average molecular weight is 433 g/mol. The van der Waals surface area contributed by atoms with Crippen molar-refractivity contribution in [3.05, 3.63) is 79.0 Å². The lowest BCUT2D eigenvalue weighted by molar-refractivity contribution is 0.0789. The van der Waals surface area contributed by atoms with E-state index in [1.165, 1.54) is 13.2 Å². The van der Waals surface area contributed by atoms with E-state index in [9.17, 15) is 9.18 Å². The summed E-state index contributed by atoms with van der Waals surface area (Å²) in [6.45, 7) is 8.29. The molecule has 0 atom stereocenters. The van der Waals surface area contributed by atoms with Gasteiger partial charge in [-0.15, -0.1) is 13.2 Å². The molecule has 4 rings (SSSR count). The van der Waals surface area contributed by atoms with Gasteiger partial charge in [-0.05, 0) is 37.1 Å². The summed E-state index contributed by atoms with van der Waals surface area (Å²) in [6.07, 6.45) is 8.47. The monoisotopic (exact) mass is 433 g/mol. The lowest BCUT2D eigenvalue weighted by Gasteiger charge is -2.19. The molecule has 8 heteroatoms. The first-order chi connectivity index (χ1) is 15.6. The van der Waals surface area contributed by atoms with E-state index in [4.69, 9.17) is 4.74 Å². The Labute approximate surface area is 185 Å². The quantitative estimate of drug-likeness (QED) is 0.474. The Morgan fingerprint density at radius 1 is 1.28 bits per heavy atom. The number of aromatic nitrogens is 4. The van der Waals surface area contributed by atoms with Crippen LogP contribution in [0, 0.1) is 5.82 Å². The Morgan fingerprint density at radius 3 is 2.66 bits per heavy atom. The van der Waals surface area contributed by atoms with Gasteiger partial charge in [-0.2, -0.15) is 5.10 Å². The molecule has 2 aromatic heterocycles. The van der Waals surface area contributed by atoms with Crippen molar-refractivity contribution in [1.82, 2.24) is 24.6 Å². The van der Waals surface area contributed by atoms with Crippen LogP contribution in [0.3, 0.4) is 0 Å². The predicted molar refractivity (Wildman–Crippen MR) is 119 cm³/mol. The fourth-order valence-corrected chi connectivity index (χ4v) is 3.59. The lowest BCUT2D eigenvalue weighted by atomic mass is 10.1. The van der Waals surface area contributed by atoms with Crippen LogP contribution < -0.4 is 4.74 Å². The summed E-state index contributed by atoms with van der Waals surface area (Å²) in [5.74, 6) is 0.111. The lowest BCUT2D eigenvalue weighted by Crippen LogP contribution is -2.31. The van der Waals surface area contributed by atoms with Gasteiger partial charge in [-0.1, -0.05) is 12.2 Å². The molecule has 1 aliphatic rings. The average Bonchev–Trinajstić information content (AvgIpc) is 3.56. The number of amides is 1. The van der Waals surface area contributed by atoms with Crippen molar-refractivity contribution in [3.63, 3.8) is 0 Å². The normalized spacial score (nSPS) is 12.9. The highest BCUT2D eigenvalue weighted by molar-refractivity contribution is 5.95. The van der Waals surface area contributed by atoms with Crippen LogP contribution in [0.4, 0.5) is 4.39 Å². The third kappa shape index (κ3) is 4.16. The third-order valence-corrected chi connectivity index (χ3v) is 5.27. The molecule has 0 bridgehead atoms. The molecule has 3 aromatic rings. The van der Waals surface area contributed by atoms with E-state index < -0.39 is 5.82 Å². The summed E-state index contributed by atoms with van der Waals surface area (Å²) in [7, 11) is 1.42. The van der Waals surface area contributed by atoms with Crippen LogP contribution in [0.15, 0.2) is 62.0 Å². The molecule has 164 valence electrons. The molecule has 1 fully saturated rings. The van der Waals surface area contributed by atoms with Crippen molar-refractivity contribution in [2.24, 2.45) is 0 Å². The van der Waals surface area contributed by atoms with Gasteiger partial charge in [0.2, 0.25) is 0 Å². The van der Waals surface area contributed by atoms with E-state index in [2.05, 4.69) is 28.2 Å². The van der Waals surface area contributed by atoms with E-state index in [1.54, 1.807) is 52.3 Å². The summed E-state index contributed by atoms with van der Waals surface area (Å²) in [4.78, 5) is 23.8. The summed E-state index contributed by atoms with van der Waals surface area (Å²) in [6, 6.07) is 6.36. The van der Waals surface area contributed by atoms with Gasteiger partial charge in [0.1, 0.15) is 0 Å². The smallest absolute Gasteiger partial charge is 0.257 e. The molecule has 1 saturated carbocycles. The van der Waals surface area contributed by atoms with E-state index in [0.717, 1.165) is 18.5 Å². The summed E-state index contributed by atoms with van der Waals surface area (Å²) >= 11 is 0. The van der Waals surface area contributed by atoms with Crippen molar-refractivity contribution in [1.29, 1.82) is 0 Å². The van der Waals surface area contributed by atoms with Gasteiger partial charge in [0.25, 0.3) is 11.9 Å². The Balaban J connectivity index is 1.73. The van der Waals surface area contributed by atoms with Crippen LogP contribution in [0.5, 0.6) is 5.75 Å². The van der Waals surface area contributed by atoms with E-state index in [1.807, 2.05) is 0 Å². The zero-order valence-electron chi connectivity index (χ0n) is 17.9. The van der Waals surface area contributed by atoms with Gasteiger partial charge in [0.05, 0.1) is 30.3 Å². The molecule has 1 aromatic carbocycles. The number of ether oxygens (including phenoxy) is 1. The van der Waals surface area contributed by atoms with Crippen LogP contribution in [-0.2, 0) is 0 Å². The number of benzene rings is 1. The molecule has 0 aliphatic heterocycles. The Kier molecular flexibility index (Phi) is 6.11. The molecule has 0 spiro atoms. The molecule has 1 amide bonds. The first-order valence-corrected chi connectivity index (χ1v) is 10.3. The number of nitrogens with zero attached hydrogens (tertiary/aromatic N) is 5. The van der Waals surface area contributed by atoms with E-state index in [0.29, 0.717) is 35.9 Å². The fraction of sp³-hybridized carbons (Fsp3) is 0.250. The second-order valence-corrected chi connectivity index (χ2v) is 7.51. The molecule has 7 nitrogen and oxygen atoms in total. The van der Waals surface area contributed by atoms with Gasteiger partial charge in [-0.3, -0.25) is 4.79 Å². The number of methoxy groups -OCH3 is 1. The standard InChI is InChI=1S/C24H24FN5O2/c1-4-12-29(13-5-2)23(31)18-15-27-30(22(18)16-6-7-16)24-26-11-10-20(28-24)17-8-9-21(32-3)19(25)14-17/h4-5,8-11,14-16H,1-2,6-7,12-13H2,3H3. The highest BCUT2D eigenvalue weighted by Crippen LogP contribution is 2.42. The highest BCUT2D eigenvalue weighted by atomic mass is 19.1. The Hall–Kier alpha value is -3.81. The summed E-state index contributed by atoms with van der Waals surface area (Å²) in [5, 5.41) is 4.45. The van der Waals surface area contributed by atoms with Crippen molar-refractivity contribution in [3.8, 4) is 23.0 Å². The SMILES string of the molecule is C=CCN(CC=C)C(=O)c1cnn(-c2nccc(-c3ccc(OC)c(F)c3)n2)c1C1CC1. The third-order valence-electron chi connectivity index (χ3n) is 5.27. The molecule has 0 unspecified atom stereocenters. The maximum atomic E-state index is 14.2. The first-order valence-electron chi connectivity index (χ1n) is 10.3. The number of carbonyl (C=O) groups is 1. The minimum Gasteiger partial charge on any atom is -0.494 e. The minimum absolute atomic E-state index is 0.133. The van der Waals surface area contributed by atoms with Gasteiger partial charge < -0.3 is 9.64 Å². The molecule has 0 radical (unpaired) electrons. The highest BCUT2D eigenvalue weighted by Gasteiger charge is 2.34. The molecule has 2 heterocycles. The Morgan fingerprint density at radius 2 is 2.03 bits per heavy atom. The topological polar surface area (TPSA) is 73.1 Å². The second-order valence-electron chi connectivity index (χ2n) is 7.51. The summed E-state index contributed by atoms with van der Waals surface area (Å²) < 4.78 is 20.8. The van der Waals surface area contributed by atoms with Crippen molar-refractivity contribution < 1.29 is 13.9 Å². The molecule has 0 saturated heterocycles. The van der Waals surface area contributed by atoms with Crippen LogP contribution in [-0.4, -0.2) is 50.8 Å². The molecular formula is C24H24FN5O2. The second kappa shape index (κ2) is 9.13. The molecule has 1 aliphatic carbocycles. The zero-order chi connectivity index (χ0) is 22.7. The van der Waals surface area contributed by atoms with E-state index >= 15 is 0 Å². The zero-order valence-corrected chi connectivity index (χ0v) is 17.9. The van der Waals surface area contributed by atoms with Gasteiger partial charge >= 0.3 is 0 Å². The minimum atomic E-state index is -0.472. The predicted octanol–water partition coefficient (Wildman–Crippen LogP) is 4.17. The van der Waals surface area contributed by atoms with Crippen LogP contribution >= 0.6 is 0 Å². The van der Waals surface area contributed by atoms with Crippen molar-refractivity contribution in [2.45, 2.75) is 18.8 Å². The first kappa shape index (κ1) is 21.4. The van der Waals surface area contributed by atoms with Crippen molar-refractivity contribution >= 4 is 5.91 Å². The number of halogens is 1. The number of rotatable bonds is 9. The van der Waals surface area contributed by atoms with Gasteiger partial charge in [0.15, 0.2) is 11.6 Å². The largest absolute Gasteiger partial charge is 0.494 e. The number of hydrogen-bond acceptors (Lipinski definition) is 5. The van der Waals surface area contributed by atoms with Crippen LogP contribution in [0.2, 0.25) is 0 Å². The number of hydrogen-bond donors (Lipinski definition) is 0. The van der Waals surface area contributed by atoms with Gasteiger partial charge in [0, 0.05) is 30.8 Å². The molecule has 32 heavy (non-hydrogen) atoms. The number of carbonyl (C=O) groups excluding carboxylic acids is 1. The Bertz CT molecular complexity index is 1160. The summed E-state index contributed by atoms with van der Waals surface area (Å²) in [5.41, 5.74) is 2.46. The molecule has 0 N–H and O–H groups in total.